The van der Waals surface area contributed by atoms with Crippen molar-refractivity contribution in [3.05, 3.63) is 96.9 Å². The molecular weight excluding hydrogens is 362 g/mol. The van der Waals surface area contributed by atoms with Crippen LogP contribution in [-0.2, 0) is 0 Å². The molecule has 0 saturated carbocycles. The van der Waals surface area contributed by atoms with E-state index in [1.165, 1.54) is 0 Å². The van der Waals surface area contributed by atoms with Gasteiger partial charge in [0, 0.05) is 24.3 Å². The summed E-state index contributed by atoms with van der Waals surface area (Å²) >= 11 is 0. The molecule has 0 radical (unpaired) electrons. The maximum Gasteiger partial charge on any atom is 0.178 e. The zero-order chi connectivity index (χ0) is 19.5. The molecule has 0 atom stereocenters. The summed E-state index contributed by atoms with van der Waals surface area (Å²) in [6.07, 6.45) is 7.01. The van der Waals surface area contributed by atoms with Crippen molar-refractivity contribution in [3.63, 3.8) is 0 Å². The van der Waals surface area contributed by atoms with E-state index < -0.39 is 0 Å². The van der Waals surface area contributed by atoms with Gasteiger partial charge in [-0.1, -0.05) is 24.3 Å². The lowest BCUT2D eigenvalue weighted by molar-refractivity contribution is 0.567. The molecule has 6 heteroatoms. The molecule has 4 heterocycles. The molecule has 6 nitrogen and oxygen atoms in total. The first-order valence-electron chi connectivity index (χ1n) is 9.04. The van der Waals surface area contributed by atoms with Gasteiger partial charge in [-0.25, -0.2) is 9.97 Å². The Morgan fingerprint density at radius 1 is 0.897 bits per heavy atom. The minimum Gasteiger partial charge on any atom is -0.446 e. The predicted molar refractivity (Wildman–Crippen MR) is 111 cm³/mol. The second-order valence-electron chi connectivity index (χ2n) is 6.23. The van der Waals surface area contributed by atoms with Crippen LogP contribution in [0.15, 0.2) is 89.9 Å². The molecule has 4 aromatic heterocycles. The monoisotopic (exact) mass is 377 g/mol. The number of nitrogens with zero attached hydrogens (tertiary/aromatic N) is 4. The van der Waals surface area contributed by atoms with Crippen LogP contribution in [-0.4, -0.2) is 19.4 Å². The number of hydrogen-bond acceptors (Lipinski definition) is 5. The zero-order valence-electron chi connectivity index (χ0n) is 15.3. The van der Waals surface area contributed by atoms with Crippen molar-refractivity contribution in [2.45, 2.75) is 0 Å². The Morgan fingerprint density at radius 3 is 2.66 bits per heavy atom. The summed E-state index contributed by atoms with van der Waals surface area (Å²) in [5.41, 5.74) is 3.05. The van der Waals surface area contributed by atoms with E-state index in [9.17, 15) is 0 Å². The van der Waals surface area contributed by atoms with Crippen molar-refractivity contribution in [2.75, 3.05) is 5.32 Å². The maximum absolute atomic E-state index is 5.96. The van der Waals surface area contributed by atoms with Gasteiger partial charge in [-0.3, -0.25) is 9.38 Å². The molecule has 0 fully saturated rings. The van der Waals surface area contributed by atoms with E-state index in [2.05, 4.69) is 27.1 Å². The van der Waals surface area contributed by atoms with E-state index in [0.717, 1.165) is 17.2 Å². The van der Waals surface area contributed by atoms with E-state index in [1.807, 2.05) is 71.3 Å². The number of pyridine rings is 1. The molecule has 0 unspecified atom stereocenters. The zero-order valence-corrected chi connectivity index (χ0v) is 15.3. The summed E-state index contributed by atoms with van der Waals surface area (Å²) in [7, 11) is 0. The number of rotatable bonds is 3. The van der Waals surface area contributed by atoms with Crippen LogP contribution in [0.2, 0.25) is 0 Å². The van der Waals surface area contributed by atoms with E-state index in [-0.39, 0.29) is 0 Å². The summed E-state index contributed by atoms with van der Waals surface area (Å²) in [5.74, 6) is 7.98. The summed E-state index contributed by atoms with van der Waals surface area (Å²) in [4.78, 5) is 13.1. The van der Waals surface area contributed by atoms with Crippen LogP contribution in [0.3, 0.4) is 0 Å². The first-order chi connectivity index (χ1) is 14.4. The molecule has 0 aliphatic heterocycles. The number of aromatic nitrogens is 4. The number of nitrogens with one attached hydrogen (secondary N) is 1. The SMILES string of the molecule is C(#Cc1ccc(-c2nc3cnccn3c2Nc2ccccc2)o1)c1ccccn1. The third-order valence-electron chi connectivity index (χ3n) is 4.28. The Balaban J connectivity index is 1.55. The highest BCUT2D eigenvalue weighted by Gasteiger charge is 2.17. The smallest absolute Gasteiger partial charge is 0.178 e. The Labute approximate surface area is 166 Å². The van der Waals surface area contributed by atoms with E-state index in [1.54, 1.807) is 18.6 Å². The number of fused-ring (bicyclic) bond motifs is 1. The van der Waals surface area contributed by atoms with Crippen LogP contribution < -0.4 is 5.32 Å². The number of para-hydroxylation sites is 1. The molecule has 1 N–H and O–H groups in total. The van der Waals surface area contributed by atoms with Gasteiger partial charge in [0.15, 0.2) is 17.2 Å². The van der Waals surface area contributed by atoms with Gasteiger partial charge in [0.1, 0.15) is 17.2 Å². The standard InChI is InChI=1S/C23H15N5O/c1-2-7-18(8-3-1)26-23-22(27-21-16-24-14-15-28(21)23)20-12-11-19(29-20)10-9-17-6-4-5-13-25-17/h1-8,11-16,26H. The van der Waals surface area contributed by atoms with Crippen LogP contribution >= 0.6 is 0 Å². The first-order valence-corrected chi connectivity index (χ1v) is 9.04. The predicted octanol–water partition coefficient (Wildman–Crippen LogP) is 4.53. The minimum absolute atomic E-state index is 0.548. The molecule has 5 rings (SSSR count). The molecule has 138 valence electrons. The molecular formula is C23H15N5O. The van der Waals surface area contributed by atoms with Crippen molar-refractivity contribution in [1.82, 2.24) is 19.4 Å². The van der Waals surface area contributed by atoms with Crippen molar-refractivity contribution in [3.8, 4) is 23.3 Å². The Kier molecular flexibility index (Phi) is 4.24. The fourth-order valence-corrected chi connectivity index (χ4v) is 2.95. The normalized spacial score (nSPS) is 10.5. The molecule has 5 aromatic rings. The molecule has 29 heavy (non-hydrogen) atoms. The second-order valence-corrected chi connectivity index (χ2v) is 6.23. The van der Waals surface area contributed by atoms with E-state index in [0.29, 0.717) is 22.9 Å². The first kappa shape index (κ1) is 16.8. The maximum atomic E-state index is 5.96. The number of hydrogen-bond donors (Lipinski definition) is 1. The van der Waals surface area contributed by atoms with E-state index in [4.69, 9.17) is 9.40 Å². The van der Waals surface area contributed by atoms with Gasteiger partial charge < -0.3 is 9.73 Å². The third kappa shape index (κ3) is 3.45. The molecule has 0 aliphatic rings. The molecule has 0 aliphatic carbocycles. The summed E-state index contributed by atoms with van der Waals surface area (Å²) in [5, 5.41) is 3.43. The average Bonchev–Trinajstić information content (AvgIpc) is 3.39. The molecule has 1 aromatic carbocycles. The van der Waals surface area contributed by atoms with Gasteiger partial charge in [0.25, 0.3) is 0 Å². The lowest BCUT2D eigenvalue weighted by Crippen LogP contribution is -1.96. The van der Waals surface area contributed by atoms with Crippen LogP contribution in [0.4, 0.5) is 11.5 Å². The topological polar surface area (TPSA) is 68.2 Å². The Hall–Kier alpha value is -4.37. The van der Waals surface area contributed by atoms with Crippen LogP contribution in [0, 0.1) is 11.8 Å². The molecule has 0 spiro atoms. The highest BCUT2D eigenvalue weighted by molar-refractivity contribution is 5.77. The van der Waals surface area contributed by atoms with Crippen LogP contribution in [0.1, 0.15) is 11.5 Å². The van der Waals surface area contributed by atoms with Crippen molar-refractivity contribution < 1.29 is 4.42 Å². The van der Waals surface area contributed by atoms with Gasteiger partial charge >= 0.3 is 0 Å². The fraction of sp³-hybridized carbons (Fsp3) is 0. The highest BCUT2D eigenvalue weighted by Crippen LogP contribution is 2.31. The fourth-order valence-electron chi connectivity index (χ4n) is 2.95. The summed E-state index contributed by atoms with van der Waals surface area (Å²) < 4.78 is 7.90. The quantitative estimate of drug-likeness (QED) is 0.468. The van der Waals surface area contributed by atoms with Gasteiger partial charge in [0.2, 0.25) is 0 Å². The van der Waals surface area contributed by atoms with Gasteiger partial charge in [0.05, 0.1) is 6.20 Å². The third-order valence-corrected chi connectivity index (χ3v) is 4.28. The van der Waals surface area contributed by atoms with Crippen LogP contribution in [0.5, 0.6) is 0 Å². The minimum atomic E-state index is 0.548. The van der Waals surface area contributed by atoms with E-state index >= 15 is 0 Å². The number of benzene rings is 1. The number of furan rings is 1. The highest BCUT2D eigenvalue weighted by atomic mass is 16.3. The number of anilines is 2. The largest absolute Gasteiger partial charge is 0.446 e. The average molecular weight is 377 g/mol. The van der Waals surface area contributed by atoms with Gasteiger partial charge in [-0.15, -0.1) is 0 Å². The van der Waals surface area contributed by atoms with Gasteiger partial charge in [-0.05, 0) is 48.2 Å². The van der Waals surface area contributed by atoms with Crippen molar-refractivity contribution in [2.24, 2.45) is 0 Å². The molecule has 0 bridgehead atoms. The Bertz CT molecular complexity index is 1330. The second kappa shape index (κ2) is 7.33. The Morgan fingerprint density at radius 2 is 1.79 bits per heavy atom. The van der Waals surface area contributed by atoms with Crippen molar-refractivity contribution >= 4 is 17.2 Å². The number of imidazole rings is 1. The summed E-state index contributed by atoms with van der Waals surface area (Å²) in [6.45, 7) is 0. The van der Waals surface area contributed by atoms with Crippen LogP contribution in [0.25, 0.3) is 17.1 Å². The molecule has 0 saturated heterocycles. The lowest BCUT2D eigenvalue weighted by atomic mass is 10.3. The van der Waals surface area contributed by atoms with Gasteiger partial charge in [-0.2, -0.15) is 0 Å². The summed E-state index contributed by atoms with van der Waals surface area (Å²) in [6, 6.07) is 19.2. The van der Waals surface area contributed by atoms with Crippen molar-refractivity contribution in [1.29, 1.82) is 0 Å². The lowest BCUT2D eigenvalue weighted by Gasteiger charge is -2.07. The molecule has 0 amide bonds.